The zero-order valence-corrected chi connectivity index (χ0v) is 12.4. The van der Waals surface area contributed by atoms with Gasteiger partial charge >= 0.3 is 0 Å². The van der Waals surface area contributed by atoms with E-state index in [2.05, 4.69) is 26.1 Å². The van der Waals surface area contributed by atoms with E-state index in [1.54, 1.807) is 6.26 Å². The summed E-state index contributed by atoms with van der Waals surface area (Å²) in [6.45, 7) is 7.04. The lowest BCUT2D eigenvalue weighted by atomic mass is 10.1. The Kier molecular flexibility index (Phi) is 4.63. The summed E-state index contributed by atoms with van der Waals surface area (Å²) in [4.78, 5) is 0. The first-order valence-electron chi connectivity index (χ1n) is 6.72. The summed E-state index contributed by atoms with van der Waals surface area (Å²) in [5.41, 5.74) is 1.02. The number of ether oxygens (including phenoxy) is 1. The monoisotopic (exact) mass is 295 g/mol. The van der Waals surface area contributed by atoms with Crippen molar-refractivity contribution < 1.29 is 17.9 Å². The van der Waals surface area contributed by atoms with Gasteiger partial charge in [0.1, 0.15) is 29.8 Å². The minimum atomic E-state index is -0.667. The lowest BCUT2D eigenvalue weighted by molar-refractivity contribution is 0.268. The summed E-state index contributed by atoms with van der Waals surface area (Å²) in [5, 5.41) is 3.34. The second kappa shape index (κ2) is 6.26. The topological polar surface area (TPSA) is 34.4 Å². The second-order valence-electron chi connectivity index (χ2n) is 5.92. The Bertz CT molecular complexity index is 582. The van der Waals surface area contributed by atoms with E-state index >= 15 is 0 Å². The van der Waals surface area contributed by atoms with Crippen LogP contribution in [0.3, 0.4) is 0 Å². The summed E-state index contributed by atoms with van der Waals surface area (Å²) in [6.07, 6.45) is 1.64. The minimum Gasteiger partial charge on any atom is -0.485 e. The first-order chi connectivity index (χ1) is 9.82. The highest BCUT2D eigenvalue weighted by atomic mass is 19.1. The third-order valence-corrected chi connectivity index (χ3v) is 2.75. The zero-order chi connectivity index (χ0) is 15.5. The van der Waals surface area contributed by atoms with Gasteiger partial charge in [-0.15, -0.1) is 0 Å². The molecule has 1 aromatic heterocycles. The molecule has 3 nitrogen and oxygen atoms in total. The molecule has 0 radical (unpaired) electrons. The zero-order valence-electron chi connectivity index (χ0n) is 12.4. The number of hydrogen-bond acceptors (Lipinski definition) is 3. The van der Waals surface area contributed by atoms with Gasteiger partial charge in [-0.05, 0) is 26.8 Å². The molecule has 21 heavy (non-hydrogen) atoms. The van der Waals surface area contributed by atoms with Crippen molar-refractivity contribution in [3.05, 3.63) is 53.5 Å². The molecule has 2 aromatic rings. The Morgan fingerprint density at radius 3 is 2.38 bits per heavy atom. The SMILES string of the molecule is CC(C)(C)NCc1coc(COc2cc(F)cc(F)c2)c1. The smallest absolute Gasteiger partial charge is 0.146 e. The summed E-state index contributed by atoms with van der Waals surface area (Å²) in [6, 6.07) is 4.92. The van der Waals surface area contributed by atoms with Crippen LogP contribution in [0.5, 0.6) is 5.75 Å². The maximum atomic E-state index is 13.0. The molecule has 0 saturated carbocycles. The molecule has 1 N–H and O–H groups in total. The van der Waals surface area contributed by atoms with Crippen molar-refractivity contribution in [2.75, 3.05) is 0 Å². The average Bonchev–Trinajstić information content (AvgIpc) is 2.80. The molecule has 0 atom stereocenters. The van der Waals surface area contributed by atoms with Crippen LogP contribution in [-0.2, 0) is 13.2 Å². The van der Waals surface area contributed by atoms with Crippen LogP contribution in [-0.4, -0.2) is 5.54 Å². The fourth-order valence-electron chi connectivity index (χ4n) is 1.73. The van der Waals surface area contributed by atoms with E-state index in [0.29, 0.717) is 12.3 Å². The number of rotatable bonds is 5. The van der Waals surface area contributed by atoms with Gasteiger partial charge in [-0.25, -0.2) is 8.78 Å². The second-order valence-corrected chi connectivity index (χ2v) is 5.92. The summed E-state index contributed by atoms with van der Waals surface area (Å²) >= 11 is 0. The molecular weight excluding hydrogens is 276 g/mol. The molecule has 0 aliphatic rings. The van der Waals surface area contributed by atoms with Gasteiger partial charge in [0, 0.05) is 35.8 Å². The summed E-state index contributed by atoms with van der Waals surface area (Å²) < 4.78 is 36.7. The molecule has 1 aromatic carbocycles. The first-order valence-corrected chi connectivity index (χ1v) is 6.72. The summed E-state index contributed by atoms with van der Waals surface area (Å²) in [7, 11) is 0. The highest BCUT2D eigenvalue weighted by molar-refractivity contribution is 5.24. The van der Waals surface area contributed by atoms with Crippen molar-refractivity contribution in [3.8, 4) is 5.75 Å². The van der Waals surface area contributed by atoms with Gasteiger partial charge in [-0.3, -0.25) is 0 Å². The van der Waals surface area contributed by atoms with Crippen LogP contribution in [0.25, 0.3) is 0 Å². The number of nitrogens with one attached hydrogen (secondary N) is 1. The quantitative estimate of drug-likeness (QED) is 0.904. The molecule has 0 saturated heterocycles. The largest absolute Gasteiger partial charge is 0.485 e. The van der Waals surface area contributed by atoms with E-state index in [0.717, 1.165) is 23.8 Å². The van der Waals surface area contributed by atoms with E-state index in [1.165, 1.54) is 0 Å². The highest BCUT2D eigenvalue weighted by Gasteiger charge is 2.10. The fourth-order valence-corrected chi connectivity index (χ4v) is 1.73. The van der Waals surface area contributed by atoms with Crippen molar-refractivity contribution in [1.29, 1.82) is 0 Å². The normalized spacial score (nSPS) is 11.7. The predicted octanol–water partition coefficient (Wildman–Crippen LogP) is 4.02. The molecular formula is C16H19F2NO2. The Hall–Kier alpha value is -1.88. The van der Waals surface area contributed by atoms with Crippen molar-refractivity contribution in [3.63, 3.8) is 0 Å². The van der Waals surface area contributed by atoms with Gasteiger partial charge in [0.2, 0.25) is 0 Å². The Morgan fingerprint density at radius 1 is 1.10 bits per heavy atom. The molecule has 0 amide bonds. The van der Waals surface area contributed by atoms with Gasteiger partial charge in [-0.1, -0.05) is 0 Å². The van der Waals surface area contributed by atoms with Gasteiger partial charge in [-0.2, -0.15) is 0 Å². The van der Waals surface area contributed by atoms with Crippen LogP contribution in [0.2, 0.25) is 0 Å². The molecule has 0 unspecified atom stereocenters. The van der Waals surface area contributed by atoms with Gasteiger partial charge in [0.05, 0.1) is 6.26 Å². The van der Waals surface area contributed by atoms with E-state index in [-0.39, 0.29) is 17.9 Å². The Balaban J connectivity index is 1.90. The molecule has 0 aliphatic carbocycles. The summed E-state index contributed by atoms with van der Waals surface area (Å²) in [5.74, 6) is -0.595. The fraction of sp³-hybridized carbons (Fsp3) is 0.375. The van der Waals surface area contributed by atoms with Gasteiger partial charge in [0.25, 0.3) is 0 Å². The van der Waals surface area contributed by atoms with Crippen LogP contribution in [0.4, 0.5) is 8.78 Å². The lowest BCUT2D eigenvalue weighted by Gasteiger charge is -2.19. The van der Waals surface area contributed by atoms with E-state index < -0.39 is 11.6 Å². The molecule has 0 spiro atoms. The van der Waals surface area contributed by atoms with Gasteiger partial charge in [0.15, 0.2) is 0 Å². The lowest BCUT2D eigenvalue weighted by Crippen LogP contribution is -2.34. The van der Waals surface area contributed by atoms with Crippen molar-refractivity contribution in [2.45, 2.75) is 39.5 Å². The number of halogens is 2. The Labute approximate surface area is 122 Å². The molecule has 114 valence electrons. The van der Waals surface area contributed by atoms with Crippen molar-refractivity contribution in [1.82, 2.24) is 5.32 Å². The maximum Gasteiger partial charge on any atom is 0.146 e. The molecule has 0 fully saturated rings. The highest BCUT2D eigenvalue weighted by Crippen LogP contribution is 2.18. The number of furan rings is 1. The third kappa shape index (κ3) is 5.19. The minimum absolute atomic E-state index is 0.0209. The van der Waals surface area contributed by atoms with E-state index in [4.69, 9.17) is 9.15 Å². The van der Waals surface area contributed by atoms with Crippen LogP contribution in [0, 0.1) is 11.6 Å². The average molecular weight is 295 g/mol. The predicted molar refractivity (Wildman–Crippen MR) is 76.0 cm³/mol. The van der Waals surface area contributed by atoms with Crippen LogP contribution < -0.4 is 10.1 Å². The maximum absolute atomic E-state index is 13.0. The molecule has 0 bridgehead atoms. The first kappa shape index (κ1) is 15.5. The standard InChI is InChI=1S/C16H19F2NO2/c1-16(2,3)19-8-11-4-15(20-9-11)10-21-14-6-12(17)5-13(18)7-14/h4-7,9,19H,8,10H2,1-3H3. The van der Waals surface area contributed by atoms with Crippen LogP contribution in [0.15, 0.2) is 34.9 Å². The van der Waals surface area contributed by atoms with Crippen LogP contribution in [0.1, 0.15) is 32.1 Å². The number of benzene rings is 1. The van der Waals surface area contributed by atoms with Crippen molar-refractivity contribution >= 4 is 0 Å². The Morgan fingerprint density at radius 2 is 1.76 bits per heavy atom. The van der Waals surface area contributed by atoms with Gasteiger partial charge < -0.3 is 14.5 Å². The molecule has 0 aliphatic heterocycles. The van der Waals surface area contributed by atoms with E-state index in [1.807, 2.05) is 6.07 Å². The third-order valence-electron chi connectivity index (χ3n) is 2.75. The molecule has 1 heterocycles. The number of hydrogen-bond donors (Lipinski definition) is 1. The van der Waals surface area contributed by atoms with Crippen molar-refractivity contribution in [2.24, 2.45) is 0 Å². The molecule has 2 rings (SSSR count). The molecule has 5 heteroatoms. The van der Waals surface area contributed by atoms with E-state index in [9.17, 15) is 8.78 Å². The van der Waals surface area contributed by atoms with Crippen LogP contribution >= 0.6 is 0 Å².